The number of sulfonamides is 1. The average molecular weight is 550 g/mol. The van der Waals surface area contributed by atoms with E-state index >= 15 is 0 Å². The second-order valence-electron chi connectivity index (χ2n) is 10.0. The van der Waals surface area contributed by atoms with Crippen molar-refractivity contribution in [1.82, 2.24) is 10.2 Å². The number of carbonyl (C=O) groups is 2. The Balaban J connectivity index is 2.05. The highest BCUT2D eigenvalue weighted by atomic mass is 32.2. The quantitative estimate of drug-likeness (QED) is 0.359. The Morgan fingerprint density at radius 2 is 1.51 bits per heavy atom. The van der Waals surface area contributed by atoms with Gasteiger partial charge in [-0.15, -0.1) is 0 Å². The molecule has 0 fully saturated rings. The lowest BCUT2D eigenvalue weighted by atomic mass is 10.1. The molecule has 39 heavy (non-hydrogen) atoms. The monoisotopic (exact) mass is 549 g/mol. The van der Waals surface area contributed by atoms with Crippen LogP contribution in [0.2, 0.25) is 0 Å². The van der Waals surface area contributed by atoms with Crippen LogP contribution in [0.5, 0.6) is 0 Å². The van der Waals surface area contributed by atoms with Gasteiger partial charge < -0.3 is 10.2 Å². The summed E-state index contributed by atoms with van der Waals surface area (Å²) < 4.78 is 29.0. The maximum Gasteiger partial charge on any atom is 0.264 e. The fourth-order valence-electron chi connectivity index (χ4n) is 4.18. The molecule has 0 saturated heterocycles. The lowest BCUT2D eigenvalue weighted by molar-refractivity contribution is -0.139. The third-order valence-electron chi connectivity index (χ3n) is 7.10. The maximum absolute atomic E-state index is 14.0. The summed E-state index contributed by atoms with van der Waals surface area (Å²) >= 11 is 0. The largest absolute Gasteiger partial charge is 0.352 e. The van der Waals surface area contributed by atoms with Gasteiger partial charge in [-0.3, -0.25) is 13.9 Å². The van der Waals surface area contributed by atoms with Crippen LogP contribution in [0.1, 0.15) is 49.4 Å². The summed E-state index contributed by atoms with van der Waals surface area (Å²) in [4.78, 5) is 28.7. The Morgan fingerprint density at radius 3 is 2.13 bits per heavy atom. The van der Waals surface area contributed by atoms with Gasteiger partial charge in [0.2, 0.25) is 11.8 Å². The normalized spacial score (nSPS) is 12.9. The summed E-state index contributed by atoms with van der Waals surface area (Å²) in [5.41, 5.74) is 4.03. The van der Waals surface area contributed by atoms with Gasteiger partial charge in [-0.1, -0.05) is 67.1 Å². The van der Waals surface area contributed by atoms with Gasteiger partial charge in [0.25, 0.3) is 10.0 Å². The topological polar surface area (TPSA) is 86.8 Å². The molecule has 8 heteroatoms. The van der Waals surface area contributed by atoms with Crippen LogP contribution in [-0.2, 0) is 26.2 Å². The van der Waals surface area contributed by atoms with Crippen LogP contribution in [0, 0.1) is 20.8 Å². The van der Waals surface area contributed by atoms with Crippen molar-refractivity contribution >= 4 is 27.5 Å². The van der Waals surface area contributed by atoms with E-state index in [9.17, 15) is 18.0 Å². The van der Waals surface area contributed by atoms with E-state index in [1.165, 1.54) is 17.0 Å². The molecule has 0 aromatic heterocycles. The molecule has 0 aliphatic carbocycles. The Morgan fingerprint density at radius 1 is 0.872 bits per heavy atom. The summed E-state index contributed by atoms with van der Waals surface area (Å²) in [6.45, 7) is 11.0. The van der Waals surface area contributed by atoms with Crippen LogP contribution in [0.3, 0.4) is 0 Å². The number of hydrogen-bond donors (Lipinski definition) is 1. The van der Waals surface area contributed by atoms with E-state index in [1.807, 2.05) is 65.0 Å². The Labute approximate surface area is 232 Å². The van der Waals surface area contributed by atoms with E-state index in [0.717, 1.165) is 33.0 Å². The van der Waals surface area contributed by atoms with E-state index in [1.54, 1.807) is 37.3 Å². The Hall–Kier alpha value is -3.65. The highest BCUT2D eigenvalue weighted by Crippen LogP contribution is 2.29. The first-order valence-corrected chi connectivity index (χ1v) is 14.7. The average Bonchev–Trinajstić information content (AvgIpc) is 2.92. The van der Waals surface area contributed by atoms with E-state index in [0.29, 0.717) is 5.69 Å². The summed E-state index contributed by atoms with van der Waals surface area (Å²) in [5.74, 6) is -0.753. The van der Waals surface area contributed by atoms with Crippen molar-refractivity contribution in [2.45, 2.75) is 71.5 Å². The molecule has 0 unspecified atom stereocenters. The molecule has 7 nitrogen and oxygen atoms in total. The number of nitrogens with zero attached hydrogens (tertiary/aromatic N) is 2. The number of aryl methyl sites for hydroxylation is 2. The molecule has 0 aliphatic heterocycles. The molecule has 0 heterocycles. The standard InChI is InChI=1S/C31H39N3O4S/c1-7-24(4)32-31(36)26(6)33(20-27-18-16-22(2)17-19-27)30(35)21-34(29-15-11-12-23(3)25(29)5)39(37,38)28-13-9-8-10-14-28/h8-19,24,26H,7,20-21H2,1-6H3,(H,32,36)/t24-,26+/m0/s1. The lowest BCUT2D eigenvalue weighted by Crippen LogP contribution is -2.52. The van der Waals surface area contributed by atoms with Gasteiger partial charge in [-0.2, -0.15) is 0 Å². The molecule has 3 rings (SSSR count). The molecule has 208 valence electrons. The number of rotatable bonds is 11. The zero-order chi connectivity index (χ0) is 28.7. The minimum absolute atomic E-state index is 0.0545. The number of carbonyl (C=O) groups excluding carboxylic acids is 2. The predicted molar refractivity (Wildman–Crippen MR) is 156 cm³/mol. The smallest absolute Gasteiger partial charge is 0.264 e. The van der Waals surface area contributed by atoms with Crippen LogP contribution in [0.25, 0.3) is 0 Å². The summed E-state index contributed by atoms with van der Waals surface area (Å²) in [6, 6.07) is 20.3. The third-order valence-corrected chi connectivity index (χ3v) is 8.87. The van der Waals surface area contributed by atoms with Gasteiger partial charge in [0.05, 0.1) is 10.6 Å². The second-order valence-corrected chi connectivity index (χ2v) is 11.9. The van der Waals surface area contributed by atoms with Crippen molar-refractivity contribution in [1.29, 1.82) is 0 Å². The van der Waals surface area contributed by atoms with E-state index in [-0.39, 0.29) is 23.4 Å². The van der Waals surface area contributed by atoms with Crippen LogP contribution in [-0.4, -0.2) is 43.8 Å². The summed E-state index contributed by atoms with van der Waals surface area (Å²) in [7, 11) is -4.08. The van der Waals surface area contributed by atoms with E-state index in [2.05, 4.69) is 5.32 Å². The molecule has 0 spiro atoms. The molecule has 0 aliphatic rings. The van der Waals surface area contributed by atoms with Crippen LogP contribution in [0.15, 0.2) is 77.7 Å². The maximum atomic E-state index is 14.0. The van der Waals surface area contributed by atoms with Crippen molar-refractivity contribution in [3.63, 3.8) is 0 Å². The van der Waals surface area contributed by atoms with Gasteiger partial charge in [-0.25, -0.2) is 8.42 Å². The molecular weight excluding hydrogens is 510 g/mol. The van der Waals surface area contributed by atoms with Gasteiger partial charge >= 0.3 is 0 Å². The molecule has 1 N–H and O–H groups in total. The molecule has 3 aromatic rings. The van der Waals surface area contributed by atoms with E-state index in [4.69, 9.17) is 0 Å². The van der Waals surface area contributed by atoms with Crippen LogP contribution >= 0.6 is 0 Å². The van der Waals surface area contributed by atoms with Crippen LogP contribution < -0.4 is 9.62 Å². The molecule has 0 radical (unpaired) electrons. The lowest BCUT2D eigenvalue weighted by Gasteiger charge is -2.33. The van der Waals surface area contributed by atoms with E-state index < -0.39 is 28.5 Å². The SMILES string of the molecule is CC[C@H](C)NC(=O)[C@@H](C)N(Cc1ccc(C)cc1)C(=O)CN(c1cccc(C)c1C)S(=O)(=O)c1ccccc1. The van der Waals surface area contributed by atoms with Crippen molar-refractivity contribution in [3.8, 4) is 0 Å². The van der Waals surface area contributed by atoms with Crippen LogP contribution in [0.4, 0.5) is 5.69 Å². The van der Waals surface area contributed by atoms with Gasteiger partial charge in [0.15, 0.2) is 0 Å². The minimum atomic E-state index is -4.08. The number of hydrogen-bond acceptors (Lipinski definition) is 4. The molecule has 3 aromatic carbocycles. The Kier molecular flexibility index (Phi) is 9.92. The highest BCUT2D eigenvalue weighted by molar-refractivity contribution is 7.92. The first-order valence-electron chi connectivity index (χ1n) is 13.2. The molecule has 0 saturated carbocycles. The van der Waals surface area contributed by atoms with Crippen molar-refractivity contribution in [2.24, 2.45) is 0 Å². The first kappa shape index (κ1) is 29.9. The fourth-order valence-corrected chi connectivity index (χ4v) is 5.67. The zero-order valence-electron chi connectivity index (χ0n) is 23.6. The number of anilines is 1. The first-order chi connectivity index (χ1) is 18.4. The predicted octanol–water partition coefficient (Wildman–Crippen LogP) is 5.14. The van der Waals surface area contributed by atoms with Crippen molar-refractivity contribution in [3.05, 3.63) is 95.1 Å². The third kappa shape index (κ3) is 7.26. The van der Waals surface area contributed by atoms with Crippen molar-refractivity contribution in [2.75, 3.05) is 10.8 Å². The zero-order valence-corrected chi connectivity index (χ0v) is 24.5. The number of benzene rings is 3. The summed E-state index contributed by atoms with van der Waals surface area (Å²) in [5, 5.41) is 2.95. The molecule has 2 atom stereocenters. The number of nitrogens with one attached hydrogen (secondary N) is 1. The Bertz CT molecular complexity index is 1390. The minimum Gasteiger partial charge on any atom is -0.352 e. The second kappa shape index (κ2) is 12.9. The summed E-state index contributed by atoms with van der Waals surface area (Å²) in [6.07, 6.45) is 0.750. The highest BCUT2D eigenvalue weighted by Gasteiger charge is 2.33. The van der Waals surface area contributed by atoms with Crippen molar-refractivity contribution < 1.29 is 18.0 Å². The molecular formula is C31H39N3O4S. The molecule has 0 bridgehead atoms. The van der Waals surface area contributed by atoms with Gasteiger partial charge in [-0.05, 0) is 75.9 Å². The molecule has 2 amide bonds. The van der Waals surface area contributed by atoms with Gasteiger partial charge in [0.1, 0.15) is 12.6 Å². The van der Waals surface area contributed by atoms with Gasteiger partial charge in [0, 0.05) is 12.6 Å². The fraction of sp³-hybridized carbons (Fsp3) is 0.355. The number of amides is 2.